The van der Waals surface area contributed by atoms with Gasteiger partial charge in [0, 0.05) is 16.3 Å². The van der Waals surface area contributed by atoms with Gasteiger partial charge in [0.2, 0.25) is 0 Å². The molecule has 0 amide bonds. The SMILES string of the molecule is CCNCc1ccccc1-c1ccc(C(C)(C)C)s1. The Bertz CT molecular complexity index is 534. The summed E-state index contributed by atoms with van der Waals surface area (Å²) in [6.45, 7) is 10.9. The lowest BCUT2D eigenvalue weighted by Crippen LogP contribution is -2.12. The highest BCUT2D eigenvalue weighted by Crippen LogP contribution is 2.36. The molecule has 0 fully saturated rings. The number of thiophene rings is 1. The third kappa shape index (κ3) is 3.46. The van der Waals surface area contributed by atoms with E-state index in [-0.39, 0.29) is 5.41 Å². The summed E-state index contributed by atoms with van der Waals surface area (Å²) >= 11 is 1.91. The first-order valence-electron chi connectivity index (χ1n) is 6.91. The lowest BCUT2D eigenvalue weighted by Gasteiger charge is -2.15. The number of nitrogens with one attached hydrogen (secondary N) is 1. The third-order valence-corrected chi connectivity index (χ3v) is 4.74. The molecule has 1 aromatic carbocycles. The summed E-state index contributed by atoms with van der Waals surface area (Å²) in [5.74, 6) is 0. The van der Waals surface area contributed by atoms with Crippen LogP contribution in [0, 0.1) is 0 Å². The maximum absolute atomic E-state index is 3.42. The van der Waals surface area contributed by atoms with Crippen molar-refractivity contribution in [2.24, 2.45) is 0 Å². The van der Waals surface area contributed by atoms with E-state index < -0.39 is 0 Å². The Morgan fingerprint density at radius 2 is 1.79 bits per heavy atom. The van der Waals surface area contributed by atoms with Gasteiger partial charge in [-0.25, -0.2) is 0 Å². The van der Waals surface area contributed by atoms with Crippen LogP contribution >= 0.6 is 11.3 Å². The number of hydrogen-bond acceptors (Lipinski definition) is 2. The van der Waals surface area contributed by atoms with Gasteiger partial charge in [-0.2, -0.15) is 0 Å². The number of hydrogen-bond donors (Lipinski definition) is 1. The molecule has 0 atom stereocenters. The third-order valence-electron chi connectivity index (χ3n) is 3.19. The van der Waals surface area contributed by atoms with Gasteiger partial charge in [0.25, 0.3) is 0 Å². The van der Waals surface area contributed by atoms with Crippen molar-refractivity contribution in [3.05, 3.63) is 46.8 Å². The van der Waals surface area contributed by atoms with Gasteiger partial charge < -0.3 is 5.32 Å². The standard InChI is InChI=1S/C17H23NS/c1-5-18-12-13-8-6-7-9-14(13)15-10-11-16(19-15)17(2,3)4/h6-11,18H,5,12H2,1-4H3. The highest BCUT2D eigenvalue weighted by atomic mass is 32.1. The first kappa shape index (κ1) is 14.3. The van der Waals surface area contributed by atoms with E-state index in [0.717, 1.165) is 13.1 Å². The molecule has 1 heterocycles. The van der Waals surface area contributed by atoms with Crippen molar-refractivity contribution in [1.29, 1.82) is 0 Å². The Kier molecular flexibility index (Phi) is 4.43. The molecule has 0 saturated carbocycles. The monoisotopic (exact) mass is 273 g/mol. The number of benzene rings is 1. The fourth-order valence-corrected chi connectivity index (χ4v) is 3.18. The largest absolute Gasteiger partial charge is 0.313 e. The molecule has 0 aliphatic heterocycles. The van der Waals surface area contributed by atoms with Gasteiger partial charge in [-0.3, -0.25) is 0 Å². The molecule has 0 bridgehead atoms. The Labute approximate surface area is 120 Å². The molecule has 0 radical (unpaired) electrons. The summed E-state index contributed by atoms with van der Waals surface area (Å²) in [7, 11) is 0. The van der Waals surface area contributed by atoms with Gasteiger partial charge in [-0.1, -0.05) is 52.0 Å². The van der Waals surface area contributed by atoms with Gasteiger partial charge in [-0.15, -0.1) is 11.3 Å². The second kappa shape index (κ2) is 5.89. The zero-order valence-corrected chi connectivity index (χ0v) is 13.1. The van der Waals surface area contributed by atoms with Crippen LogP contribution in [-0.4, -0.2) is 6.54 Å². The van der Waals surface area contributed by atoms with Crippen molar-refractivity contribution in [1.82, 2.24) is 5.32 Å². The second-order valence-corrected chi connectivity index (χ2v) is 6.94. The Morgan fingerprint density at radius 1 is 1.05 bits per heavy atom. The minimum absolute atomic E-state index is 0.236. The van der Waals surface area contributed by atoms with Crippen LogP contribution in [0.25, 0.3) is 10.4 Å². The quantitative estimate of drug-likeness (QED) is 0.842. The molecule has 1 aromatic heterocycles. The Balaban J connectivity index is 2.33. The highest BCUT2D eigenvalue weighted by molar-refractivity contribution is 7.15. The Morgan fingerprint density at radius 3 is 2.42 bits per heavy atom. The van der Waals surface area contributed by atoms with Crippen LogP contribution in [-0.2, 0) is 12.0 Å². The highest BCUT2D eigenvalue weighted by Gasteiger charge is 2.17. The molecule has 0 aliphatic rings. The van der Waals surface area contributed by atoms with E-state index in [9.17, 15) is 0 Å². The summed E-state index contributed by atoms with van der Waals surface area (Å²) in [5, 5.41) is 3.42. The Hall–Kier alpha value is -1.12. The van der Waals surface area contributed by atoms with E-state index in [0.29, 0.717) is 0 Å². The second-order valence-electron chi connectivity index (χ2n) is 5.85. The molecule has 0 saturated heterocycles. The van der Waals surface area contributed by atoms with Crippen molar-refractivity contribution < 1.29 is 0 Å². The molecule has 0 spiro atoms. The minimum Gasteiger partial charge on any atom is -0.313 e. The normalized spacial score (nSPS) is 11.8. The van der Waals surface area contributed by atoms with E-state index in [1.165, 1.54) is 20.9 Å². The lowest BCUT2D eigenvalue weighted by molar-refractivity contribution is 0.604. The van der Waals surface area contributed by atoms with Crippen LogP contribution in [0.3, 0.4) is 0 Å². The molecular weight excluding hydrogens is 250 g/mol. The maximum Gasteiger partial charge on any atom is 0.0349 e. The van der Waals surface area contributed by atoms with Crippen LogP contribution in [0.1, 0.15) is 38.1 Å². The van der Waals surface area contributed by atoms with Gasteiger partial charge in [0.1, 0.15) is 0 Å². The van der Waals surface area contributed by atoms with Crippen molar-refractivity contribution in [2.75, 3.05) is 6.54 Å². The minimum atomic E-state index is 0.236. The van der Waals surface area contributed by atoms with E-state index in [2.05, 4.69) is 69.4 Å². The van der Waals surface area contributed by atoms with Crippen LogP contribution in [0.5, 0.6) is 0 Å². The summed E-state index contributed by atoms with van der Waals surface area (Å²) in [6.07, 6.45) is 0. The van der Waals surface area contributed by atoms with Crippen LogP contribution in [0.2, 0.25) is 0 Å². The molecule has 0 unspecified atom stereocenters. The molecule has 102 valence electrons. The number of rotatable bonds is 4. The molecule has 2 aromatic rings. The van der Waals surface area contributed by atoms with E-state index in [1.54, 1.807) is 0 Å². The molecular formula is C17H23NS. The zero-order chi connectivity index (χ0) is 13.9. The molecule has 2 heteroatoms. The van der Waals surface area contributed by atoms with Crippen LogP contribution in [0.15, 0.2) is 36.4 Å². The van der Waals surface area contributed by atoms with Crippen molar-refractivity contribution in [3.8, 4) is 10.4 Å². The first-order chi connectivity index (χ1) is 9.02. The van der Waals surface area contributed by atoms with Crippen LogP contribution in [0.4, 0.5) is 0 Å². The molecule has 0 aliphatic carbocycles. The van der Waals surface area contributed by atoms with E-state index in [4.69, 9.17) is 0 Å². The van der Waals surface area contributed by atoms with Crippen molar-refractivity contribution in [3.63, 3.8) is 0 Å². The predicted octanol–water partition coefficient (Wildman–Crippen LogP) is 4.82. The topological polar surface area (TPSA) is 12.0 Å². The molecule has 19 heavy (non-hydrogen) atoms. The van der Waals surface area contributed by atoms with Crippen LogP contribution < -0.4 is 5.32 Å². The first-order valence-corrected chi connectivity index (χ1v) is 7.73. The summed E-state index contributed by atoms with van der Waals surface area (Å²) < 4.78 is 0. The van der Waals surface area contributed by atoms with Gasteiger partial charge in [0.05, 0.1) is 0 Å². The molecule has 1 N–H and O–H groups in total. The predicted molar refractivity (Wildman–Crippen MR) is 85.8 cm³/mol. The van der Waals surface area contributed by atoms with Gasteiger partial charge in [0.15, 0.2) is 0 Å². The smallest absolute Gasteiger partial charge is 0.0349 e. The summed E-state index contributed by atoms with van der Waals surface area (Å²) in [6, 6.07) is 13.2. The van der Waals surface area contributed by atoms with Gasteiger partial charge in [-0.05, 0) is 35.2 Å². The maximum atomic E-state index is 3.42. The summed E-state index contributed by atoms with van der Waals surface area (Å²) in [5.41, 5.74) is 2.98. The summed E-state index contributed by atoms with van der Waals surface area (Å²) in [4.78, 5) is 2.82. The molecule has 2 rings (SSSR count). The van der Waals surface area contributed by atoms with E-state index >= 15 is 0 Å². The van der Waals surface area contributed by atoms with Gasteiger partial charge >= 0.3 is 0 Å². The fraction of sp³-hybridized carbons (Fsp3) is 0.412. The van der Waals surface area contributed by atoms with Crippen molar-refractivity contribution >= 4 is 11.3 Å². The molecule has 1 nitrogen and oxygen atoms in total. The lowest BCUT2D eigenvalue weighted by atomic mass is 9.95. The van der Waals surface area contributed by atoms with E-state index in [1.807, 2.05) is 11.3 Å². The average molecular weight is 273 g/mol. The zero-order valence-electron chi connectivity index (χ0n) is 12.3. The fourth-order valence-electron chi connectivity index (χ4n) is 2.06. The van der Waals surface area contributed by atoms with Crippen molar-refractivity contribution in [2.45, 2.75) is 39.7 Å². The average Bonchev–Trinajstić information content (AvgIpc) is 2.86.